The van der Waals surface area contributed by atoms with Crippen molar-refractivity contribution in [3.05, 3.63) is 0 Å². The van der Waals surface area contributed by atoms with E-state index in [4.69, 9.17) is 4.74 Å². The van der Waals surface area contributed by atoms with Gasteiger partial charge < -0.3 is 10.1 Å². The first-order valence-corrected chi connectivity index (χ1v) is 9.08. The minimum atomic E-state index is 0.623. The van der Waals surface area contributed by atoms with Crippen LogP contribution < -0.4 is 5.32 Å². The molecule has 1 aliphatic heterocycles. The monoisotopic (exact) mass is 291 g/mol. The number of thioether (sulfide) groups is 2. The van der Waals surface area contributed by atoms with Gasteiger partial charge in [-0.3, -0.25) is 0 Å². The highest BCUT2D eigenvalue weighted by molar-refractivity contribution is 8.07. The Kier molecular flexibility index (Phi) is 8.08. The van der Waals surface area contributed by atoms with Gasteiger partial charge in [0, 0.05) is 41.3 Å². The Morgan fingerprint density at radius 2 is 2.06 bits per heavy atom. The van der Waals surface area contributed by atoms with Gasteiger partial charge in [-0.05, 0) is 18.9 Å². The zero-order valence-electron chi connectivity index (χ0n) is 12.4. The number of hydrogen-bond acceptors (Lipinski definition) is 4. The molecular weight excluding hydrogens is 262 g/mol. The fourth-order valence-corrected chi connectivity index (χ4v) is 5.67. The molecule has 18 heavy (non-hydrogen) atoms. The van der Waals surface area contributed by atoms with E-state index in [1.54, 1.807) is 7.11 Å². The highest BCUT2D eigenvalue weighted by atomic mass is 32.2. The second kappa shape index (κ2) is 8.72. The number of rotatable bonds is 7. The first-order valence-electron chi connectivity index (χ1n) is 7.09. The predicted molar refractivity (Wildman–Crippen MR) is 85.9 cm³/mol. The van der Waals surface area contributed by atoms with Crippen LogP contribution in [-0.4, -0.2) is 47.8 Å². The molecule has 1 fully saturated rings. The van der Waals surface area contributed by atoms with E-state index in [1.807, 2.05) is 0 Å². The summed E-state index contributed by atoms with van der Waals surface area (Å²) in [4.78, 5) is 0. The molecule has 4 heteroatoms. The molecule has 0 aliphatic carbocycles. The van der Waals surface area contributed by atoms with Crippen molar-refractivity contribution in [1.82, 2.24) is 5.32 Å². The molecule has 0 spiro atoms. The number of methoxy groups -OCH3 is 1. The zero-order valence-corrected chi connectivity index (χ0v) is 14.1. The van der Waals surface area contributed by atoms with Crippen molar-refractivity contribution >= 4 is 23.5 Å². The van der Waals surface area contributed by atoms with Gasteiger partial charge in [0.05, 0.1) is 0 Å². The number of nitrogens with one attached hydrogen (secondary N) is 1. The lowest BCUT2D eigenvalue weighted by molar-refractivity contribution is 0.170. The van der Waals surface area contributed by atoms with E-state index in [2.05, 4.69) is 56.5 Å². The molecule has 1 N–H and O–H groups in total. The quantitative estimate of drug-likeness (QED) is 0.777. The molecule has 1 rings (SSSR count). The second-order valence-electron chi connectivity index (χ2n) is 5.26. The van der Waals surface area contributed by atoms with Crippen molar-refractivity contribution in [2.24, 2.45) is 5.92 Å². The molecule has 1 saturated heterocycles. The van der Waals surface area contributed by atoms with Crippen molar-refractivity contribution in [2.45, 2.75) is 55.9 Å². The summed E-state index contributed by atoms with van der Waals surface area (Å²) in [5, 5.41) is 6.01. The third-order valence-corrected chi connectivity index (χ3v) is 7.32. The molecule has 0 aromatic heterocycles. The molecule has 0 aromatic rings. The Morgan fingerprint density at radius 3 is 2.61 bits per heavy atom. The van der Waals surface area contributed by atoms with E-state index in [-0.39, 0.29) is 0 Å². The average Bonchev–Trinajstić information content (AvgIpc) is 2.36. The van der Waals surface area contributed by atoms with E-state index < -0.39 is 0 Å². The Balaban J connectivity index is 2.54. The van der Waals surface area contributed by atoms with Crippen LogP contribution in [0.2, 0.25) is 0 Å². The second-order valence-corrected chi connectivity index (χ2v) is 8.29. The maximum atomic E-state index is 5.23. The Bertz CT molecular complexity index is 228. The summed E-state index contributed by atoms with van der Waals surface area (Å²) < 4.78 is 5.23. The molecule has 1 aliphatic rings. The molecular formula is C14H29NOS2. The predicted octanol–water partition coefficient (Wildman–Crippen LogP) is 3.26. The summed E-state index contributed by atoms with van der Waals surface area (Å²) in [6.07, 6.45) is 1.15. The first kappa shape index (κ1) is 16.7. The zero-order chi connectivity index (χ0) is 13.5. The molecule has 2 nitrogen and oxygen atoms in total. The molecule has 0 amide bonds. The summed E-state index contributed by atoms with van der Waals surface area (Å²) in [5.41, 5.74) is 0. The highest BCUT2D eigenvalue weighted by Gasteiger charge is 2.33. The smallest absolute Gasteiger partial charge is 0.0465 e. The Hall–Kier alpha value is 0.620. The van der Waals surface area contributed by atoms with Crippen LogP contribution in [-0.2, 0) is 4.74 Å². The van der Waals surface area contributed by atoms with Gasteiger partial charge in [-0.2, -0.15) is 23.5 Å². The van der Waals surface area contributed by atoms with Gasteiger partial charge in [-0.15, -0.1) is 0 Å². The lowest BCUT2D eigenvalue weighted by Gasteiger charge is -2.38. The summed E-state index contributed by atoms with van der Waals surface area (Å²) in [6, 6.07) is 0.623. The standard InChI is InChI=1S/C14H29NOS2/c1-6-15-14(10(2)7-8-16-5)13-9-17-11(3)12(4)18-13/h10-15H,6-9H2,1-5H3. The number of ether oxygens (including phenoxy) is 1. The lowest BCUT2D eigenvalue weighted by atomic mass is 9.96. The molecule has 0 aromatic carbocycles. The fourth-order valence-electron chi connectivity index (χ4n) is 2.41. The summed E-state index contributed by atoms with van der Waals surface area (Å²) in [7, 11) is 1.80. The van der Waals surface area contributed by atoms with Gasteiger partial charge in [-0.25, -0.2) is 0 Å². The third kappa shape index (κ3) is 4.95. The summed E-state index contributed by atoms with van der Waals surface area (Å²) >= 11 is 4.32. The Labute approximate surface area is 121 Å². The van der Waals surface area contributed by atoms with Crippen molar-refractivity contribution < 1.29 is 4.74 Å². The van der Waals surface area contributed by atoms with Crippen LogP contribution in [0.25, 0.3) is 0 Å². The average molecular weight is 292 g/mol. The Morgan fingerprint density at radius 1 is 1.33 bits per heavy atom. The highest BCUT2D eigenvalue weighted by Crippen LogP contribution is 2.38. The fraction of sp³-hybridized carbons (Fsp3) is 1.00. The maximum absolute atomic E-state index is 5.23. The van der Waals surface area contributed by atoms with Crippen molar-refractivity contribution in [1.29, 1.82) is 0 Å². The number of hydrogen-bond donors (Lipinski definition) is 1. The van der Waals surface area contributed by atoms with Crippen molar-refractivity contribution in [3.8, 4) is 0 Å². The van der Waals surface area contributed by atoms with Gasteiger partial charge in [0.2, 0.25) is 0 Å². The molecule has 5 unspecified atom stereocenters. The van der Waals surface area contributed by atoms with Crippen molar-refractivity contribution in [2.75, 3.05) is 26.0 Å². The minimum Gasteiger partial charge on any atom is -0.385 e. The third-order valence-electron chi connectivity index (χ3n) is 3.80. The first-order chi connectivity index (χ1) is 8.60. The van der Waals surface area contributed by atoms with E-state index in [1.165, 1.54) is 5.75 Å². The van der Waals surface area contributed by atoms with Gasteiger partial charge in [-0.1, -0.05) is 27.7 Å². The SMILES string of the molecule is CCNC(C(C)CCOC)C1CSC(C)C(C)S1. The summed E-state index contributed by atoms with van der Waals surface area (Å²) in [6.45, 7) is 11.2. The van der Waals surface area contributed by atoms with E-state index in [0.29, 0.717) is 12.0 Å². The molecule has 0 saturated carbocycles. The van der Waals surface area contributed by atoms with E-state index >= 15 is 0 Å². The van der Waals surface area contributed by atoms with Gasteiger partial charge >= 0.3 is 0 Å². The maximum Gasteiger partial charge on any atom is 0.0465 e. The van der Waals surface area contributed by atoms with E-state index in [0.717, 1.165) is 35.3 Å². The largest absolute Gasteiger partial charge is 0.385 e. The van der Waals surface area contributed by atoms with Crippen LogP contribution in [0.5, 0.6) is 0 Å². The van der Waals surface area contributed by atoms with Gasteiger partial charge in [0.15, 0.2) is 0 Å². The van der Waals surface area contributed by atoms with Crippen LogP contribution >= 0.6 is 23.5 Å². The van der Waals surface area contributed by atoms with Crippen LogP contribution in [0.15, 0.2) is 0 Å². The minimum absolute atomic E-state index is 0.623. The normalized spacial score (nSPS) is 32.2. The van der Waals surface area contributed by atoms with Crippen LogP contribution in [0.3, 0.4) is 0 Å². The van der Waals surface area contributed by atoms with Crippen LogP contribution in [0.4, 0.5) is 0 Å². The van der Waals surface area contributed by atoms with Gasteiger partial charge in [0.1, 0.15) is 0 Å². The van der Waals surface area contributed by atoms with Crippen LogP contribution in [0.1, 0.15) is 34.1 Å². The van der Waals surface area contributed by atoms with Crippen molar-refractivity contribution in [3.63, 3.8) is 0 Å². The molecule has 108 valence electrons. The van der Waals surface area contributed by atoms with Crippen LogP contribution in [0, 0.1) is 5.92 Å². The molecule has 0 bridgehead atoms. The van der Waals surface area contributed by atoms with E-state index in [9.17, 15) is 0 Å². The summed E-state index contributed by atoms with van der Waals surface area (Å²) in [5.74, 6) is 1.97. The molecule has 1 heterocycles. The molecule has 5 atom stereocenters. The lowest BCUT2D eigenvalue weighted by Crippen LogP contribution is -2.47. The molecule has 0 radical (unpaired) electrons. The van der Waals surface area contributed by atoms with Gasteiger partial charge in [0.25, 0.3) is 0 Å². The topological polar surface area (TPSA) is 21.3 Å².